The molecular weight excluding hydrogens is 330 g/mol. The molecule has 26 heavy (non-hydrogen) atoms. The molecule has 134 valence electrons. The quantitative estimate of drug-likeness (QED) is 0.892. The molecule has 0 saturated carbocycles. The second-order valence-corrected chi connectivity index (χ2v) is 6.28. The molecule has 6 heteroatoms. The van der Waals surface area contributed by atoms with Gasteiger partial charge in [0.25, 0.3) is 11.8 Å². The van der Waals surface area contributed by atoms with E-state index in [1.807, 2.05) is 12.1 Å². The van der Waals surface area contributed by atoms with E-state index >= 15 is 0 Å². The third-order valence-electron chi connectivity index (χ3n) is 4.67. The second kappa shape index (κ2) is 7.00. The number of carbonyl (C=O) groups excluding carboxylic acids is 3. The third-order valence-corrected chi connectivity index (χ3v) is 4.67. The van der Waals surface area contributed by atoms with Gasteiger partial charge in [-0.1, -0.05) is 6.07 Å². The maximum atomic E-state index is 12.6. The van der Waals surface area contributed by atoms with E-state index in [0.717, 1.165) is 17.7 Å². The number of nitrogens with one attached hydrogen (secondary N) is 2. The molecule has 2 aromatic carbocycles. The van der Waals surface area contributed by atoms with Crippen LogP contribution in [-0.2, 0) is 11.2 Å². The number of carbonyl (C=O) groups is 3. The average Bonchev–Trinajstić information content (AvgIpc) is 3.06. The van der Waals surface area contributed by atoms with Gasteiger partial charge >= 0.3 is 0 Å². The lowest BCUT2D eigenvalue weighted by Gasteiger charge is -2.15. The van der Waals surface area contributed by atoms with Crippen molar-refractivity contribution in [3.05, 3.63) is 58.7 Å². The summed E-state index contributed by atoms with van der Waals surface area (Å²) in [4.78, 5) is 37.9. The molecule has 2 N–H and O–H groups in total. The fraction of sp³-hybridized carbons (Fsp3) is 0.250. The minimum Gasteiger partial charge on any atom is -0.355 e. The number of hydrogen-bond acceptors (Lipinski definition) is 3. The van der Waals surface area contributed by atoms with Crippen molar-refractivity contribution in [1.82, 2.24) is 5.32 Å². The van der Waals surface area contributed by atoms with E-state index in [2.05, 4.69) is 10.6 Å². The number of rotatable bonds is 3. The summed E-state index contributed by atoms with van der Waals surface area (Å²) in [6.07, 6.45) is 0.737. The summed E-state index contributed by atoms with van der Waals surface area (Å²) in [6, 6.07) is 10.6. The fourth-order valence-electron chi connectivity index (χ4n) is 3.22. The third kappa shape index (κ3) is 3.18. The molecule has 0 aliphatic carbocycles. The molecular formula is C20H21N3O3. The molecule has 0 saturated heterocycles. The van der Waals surface area contributed by atoms with Crippen molar-refractivity contribution in [3.8, 4) is 0 Å². The fourth-order valence-corrected chi connectivity index (χ4v) is 3.22. The highest BCUT2D eigenvalue weighted by atomic mass is 16.2. The summed E-state index contributed by atoms with van der Waals surface area (Å²) >= 11 is 0. The lowest BCUT2D eigenvalue weighted by atomic mass is 10.0. The van der Waals surface area contributed by atoms with Gasteiger partial charge in [0.15, 0.2) is 0 Å². The lowest BCUT2D eigenvalue weighted by Crippen LogP contribution is -2.25. The van der Waals surface area contributed by atoms with E-state index < -0.39 is 0 Å². The van der Waals surface area contributed by atoms with E-state index in [1.54, 1.807) is 43.1 Å². The Kier molecular flexibility index (Phi) is 4.75. The zero-order valence-electron chi connectivity index (χ0n) is 15.1. The standard InChI is InChI=1S/C20H21N3O3/c1-12-16(20(26)21-3)5-4-6-17(12)22-19(25)15-7-8-18-14(11-15)9-10-23(18)13(2)24/h4-8,11H,9-10H2,1-3H3,(H,21,26)(H,22,25). The minimum absolute atomic E-state index is 0.00240. The largest absolute Gasteiger partial charge is 0.355 e. The van der Waals surface area contributed by atoms with Crippen LogP contribution < -0.4 is 15.5 Å². The topological polar surface area (TPSA) is 78.5 Å². The maximum absolute atomic E-state index is 12.6. The monoisotopic (exact) mass is 351 g/mol. The van der Waals surface area contributed by atoms with E-state index in [9.17, 15) is 14.4 Å². The van der Waals surface area contributed by atoms with E-state index in [4.69, 9.17) is 0 Å². The van der Waals surface area contributed by atoms with Gasteiger partial charge in [-0.15, -0.1) is 0 Å². The van der Waals surface area contributed by atoms with Crippen molar-refractivity contribution in [2.24, 2.45) is 0 Å². The Labute approximate surface area is 152 Å². The van der Waals surface area contributed by atoms with Crippen LogP contribution in [0.3, 0.4) is 0 Å². The first-order valence-corrected chi connectivity index (χ1v) is 8.46. The number of benzene rings is 2. The van der Waals surface area contributed by atoms with Crippen LogP contribution in [0.15, 0.2) is 36.4 Å². The van der Waals surface area contributed by atoms with Crippen molar-refractivity contribution in [3.63, 3.8) is 0 Å². The lowest BCUT2D eigenvalue weighted by molar-refractivity contribution is -0.116. The highest BCUT2D eigenvalue weighted by Crippen LogP contribution is 2.29. The molecule has 0 bridgehead atoms. The molecule has 1 aliphatic heterocycles. The number of anilines is 2. The van der Waals surface area contributed by atoms with Crippen LogP contribution in [0.5, 0.6) is 0 Å². The van der Waals surface area contributed by atoms with Crippen molar-refractivity contribution < 1.29 is 14.4 Å². The first-order chi connectivity index (χ1) is 12.4. The van der Waals surface area contributed by atoms with Crippen LogP contribution in [0, 0.1) is 6.92 Å². The van der Waals surface area contributed by atoms with Crippen LogP contribution in [0.2, 0.25) is 0 Å². The molecule has 3 rings (SSSR count). The summed E-state index contributed by atoms with van der Waals surface area (Å²) in [7, 11) is 1.57. The Morgan fingerprint density at radius 3 is 2.54 bits per heavy atom. The van der Waals surface area contributed by atoms with Gasteiger partial charge in [0.2, 0.25) is 5.91 Å². The molecule has 0 radical (unpaired) electrons. The predicted octanol–water partition coefficient (Wildman–Crippen LogP) is 2.52. The number of fused-ring (bicyclic) bond motifs is 1. The SMILES string of the molecule is CNC(=O)c1cccc(NC(=O)c2ccc3c(c2)CCN3C(C)=O)c1C. The van der Waals surface area contributed by atoms with Gasteiger partial charge < -0.3 is 15.5 Å². The normalized spacial score (nSPS) is 12.5. The molecule has 2 aromatic rings. The van der Waals surface area contributed by atoms with Gasteiger partial charge in [0.1, 0.15) is 0 Å². The van der Waals surface area contributed by atoms with Gasteiger partial charge in [0.05, 0.1) is 0 Å². The van der Waals surface area contributed by atoms with Crippen LogP contribution in [0.1, 0.15) is 38.8 Å². The first kappa shape index (κ1) is 17.7. The highest BCUT2D eigenvalue weighted by Gasteiger charge is 2.23. The minimum atomic E-state index is -0.244. The second-order valence-electron chi connectivity index (χ2n) is 6.28. The number of nitrogens with zero attached hydrogens (tertiary/aromatic N) is 1. The van der Waals surface area contributed by atoms with Gasteiger partial charge in [-0.2, -0.15) is 0 Å². The van der Waals surface area contributed by atoms with Crippen molar-refractivity contribution >= 4 is 29.1 Å². The van der Waals surface area contributed by atoms with Crippen LogP contribution in [0.4, 0.5) is 11.4 Å². The Bertz CT molecular complexity index is 905. The molecule has 0 atom stereocenters. The average molecular weight is 351 g/mol. The number of amides is 3. The predicted molar refractivity (Wildman–Crippen MR) is 101 cm³/mol. The molecule has 3 amide bonds. The molecule has 0 fully saturated rings. The first-order valence-electron chi connectivity index (χ1n) is 8.46. The van der Waals surface area contributed by atoms with Gasteiger partial charge in [-0.05, 0) is 54.8 Å². The van der Waals surface area contributed by atoms with Crippen molar-refractivity contribution in [1.29, 1.82) is 0 Å². The number of hydrogen-bond donors (Lipinski definition) is 2. The van der Waals surface area contributed by atoms with Crippen LogP contribution >= 0.6 is 0 Å². The Morgan fingerprint density at radius 1 is 1.08 bits per heavy atom. The maximum Gasteiger partial charge on any atom is 0.255 e. The van der Waals surface area contributed by atoms with Crippen LogP contribution in [-0.4, -0.2) is 31.3 Å². The Hall–Kier alpha value is -3.15. The van der Waals surface area contributed by atoms with E-state index in [-0.39, 0.29) is 17.7 Å². The zero-order chi connectivity index (χ0) is 18.8. The van der Waals surface area contributed by atoms with E-state index in [0.29, 0.717) is 28.9 Å². The van der Waals surface area contributed by atoms with Gasteiger partial charge in [-0.25, -0.2) is 0 Å². The molecule has 1 aliphatic rings. The summed E-state index contributed by atoms with van der Waals surface area (Å²) < 4.78 is 0. The van der Waals surface area contributed by atoms with E-state index in [1.165, 1.54) is 6.92 Å². The summed E-state index contributed by atoms with van der Waals surface area (Å²) in [5.74, 6) is -0.436. The molecule has 6 nitrogen and oxygen atoms in total. The molecule has 0 aromatic heterocycles. The summed E-state index contributed by atoms with van der Waals surface area (Å²) in [5, 5.41) is 5.46. The van der Waals surface area contributed by atoms with Crippen molar-refractivity contribution in [2.45, 2.75) is 20.3 Å². The highest BCUT2D eigenvalue weighted by molar-refractivity contribution is 6.06. The molecule has 0 spiro atoms. The molecule has 0 unspecified atom stereocenters. The summed E-state index contributed by atoms with van der Waals surface area (Å²) in [6.45, 7) is 3.98. The smallest absolute Gasteiger partial charge is 0.255 e. The van der Waals surface area contributed by atoms with Crippen LogP contribution in [0.25, 0.3) is 0 Å². The zero-order valence-corrected chi connectivity index (χ0v) is 15.1. The Morgan fingerprint density at radius 2 is 1.85 bits per heavy atom. The molecule has 1 heterocycles. The van der Waals surface area contributed by atoms with Gasteiger partial charge in [-0.3, -0.25) is 14.4 Å². The van der Waals surface area contributed by atoms with Crippen molar-refractivity contribution in [2.75, 3.05) is 23.8 Å². The Balaban J connectivity index is 1.84. The summed E-state index contributed by atoms with van der Waals surface area (Å²) in [5.41, 5.74) is 4.22. The van der Waals surface area contributed by atoms with Gasteiger partial charge in [0, 0.05) is 43.0 Å².